The quantitative estimate of drug-likeness (QED) is 0.309. The van der Waals surface area contributed by atoms with Crippen LogP contribution in [0.15, 0.2) is 30.5 Å². The largest absolute Gasteiger partial charge is 0.378 e. The minimum absolute atomic E-state index is 0.0299. The molecule has 2 atom stereocenters. The van der Waals surface area contributed by atoms with Crippen LogP contribution in [-0.4, -0.2) is 47.7 Å². The van der Waals surface area contributed by atoms with E-state index in [1.165, 1.54) is 23.6 Å². The molecular formula is C26H31ClFN5O4S2. The Morgan fingerprint density at radius 2 is 2.08 bits per heavy atom. The third kappa shape index (κ3) is 6.92. The van der Waals surface area contributed by atoms with Crippen molar-refractivity contribution in [2.24, 2.45) is 11.7 Å². The number of benzene rings is 1. The lowest BCUT2D eigenvalue weighted by molar-refractivity contribution is -0.127. The summed E-state index contributed by atoms with van der Waals surface area (Å²) < 4.78 is 48.8. The summed E-state index contributed by atoms with van der Waals surface area (Å²) in [6.45, 7) is 6.20. The lowest BCUT2D eigenvalue weighted by Gasteiger charge is -2.33. The molecule has 1 amide bonds. The summed E-state index contributed by atoms with van der Waals surface area (Å²) in [6.07, 6.45) is 3.40. The number of nitrogens with zero attached hydrogens (tertiary/aromatic N) is 3. The Morgan fingerprint density at radius 1 is 1.31 bits per heavy atom. The Labute approximate surface area is 236 Å². The highest BCUT2D eigenvalue weighted by atomic mass is 35.5. The Morgan fingerprint density at radius 3 is 2.77 bits per heavy atom. The third-order valence-corrected chi connectivity index (χ3v) is 9.67. The van der Waals surface area contributed by atoms with Gasteiger partial charge in [-0.25, -0.2) is 27.8 Å². The van der Waals surface area contributed by atoms with Crippen molar-refractivity contribution in [1.29, 1.82) is 0 Å². The van der Waals surface area contributed by atoms with Crippen molar-refractivity contribution in [3.05, 3.63) is 46.6 Å². The molecule has 0 radical (unpaired) electrons. The molecule has 1 aliphatic rings. The van der Waals surface area contributed by atoms with Crippen molar-refractivity contribution in [2.75, 3.05) is 17.1 Å². The summed E-state index contributed by atoms with van der Waals surface area (Å²) in [6, 6.07) is 6.16. The molecule has 210 valence electrons. The molecule has 3 aromatic rings. The summed E-state index contributed by atoms with van der Waals surface area (Å²) in [5.41, 5.74) is 5.76. The highest BCUT2D eigenvalue weighted by Crippen LogP contribution is 2.44. The molecule has 0 saturated carbocycles. The Kier molecular flexibility index (Phi) is 8.89. The van der Waals surface area contributed by atoms with E-state index in [2.05, 4.69) is 14.7 Å². The first-order chi connectivity index (χ1) is 18.4. The zero-order valence-corrected chi connectivity index (χ0v) is 24.3. The molecule has 13 heteroatoms. The molecule has 39 heavy (non-hydrogen) atoms. The fraction of sp³-hybridized carbons (Fsp3) is 0.462. The number of nitrogens with two attached hydrogens (primary N) is 1. The van der Waals surface area contributed by atoms with Gasteiger partial charge in [-0.1, -0.05) is 26.8 Å². The number of carbonyl (C=O) groups excluding carboxylic acids is 1. The number of anilines is 1. The van der Waals surface area contributed by atoms with Crippen LogP contribution in [0.1, 0.15) is 51.5 Å². The van der Waals surface area contributed by atoms with Crippen molar-refractivity contribution in [3.8, 4) is 21.8 Å². The molecular weight excluding hydrogens is 565 g/mol. The monoisotopic (exact) mass is 595 g/mol. The van der Waals surface area contributed by atoms with E-state index in [1.54, 1.807) is 25.1 Å². The Balaban J connectivity index is 1.76. The van der Waals surface area contributed by atoms with Crippen LogP contribution in [0.3, 0.4) is 0 Å². The molecule has 1 aliphatic heterocycles. The predicted molar refractivity (Wildman–Crippen MR) is 151 cm³/mol. The van der Waals surface area contributed by atoms with Gasteiger partial charge in [-0.05, 0) is 55.5 Å². The number of primary amides is 1. The van der Waals surface area contributed by atoms with Crippen LogP contribution in [-0.2, 0) is 25.0 Å². The first kappa shape index (κ1) is 29.3. The number of halogens is 2. The maximum absolute atomic E-state index is 15.8. The van der Waals surface area contributed by atoms with Crippen LogP contribution in [0.5, 0.6) is 0 Å². The molecule has 0 spiro atoms. The number of amides is 1. The number of thiazole rings is 1. The summed E-state index contributed by atoms with van der Waals surface area (Å²) in [5, 5.41) is 0.728. The third-order valence-electron chi connectivity index (χ3n) is 6.56. The zero-order chi connectivity index (χ0) is 28.4. The maximum atomic E-state index is 15.8. The molecule has 2 aromatic heterocycles. The van der Waals surface area contributed by atoms with Crippen molar-refractivity contribution in [1.82, 2.24) is 15.0 Å². The smallest absolute Gasteiger partial charge is 0.232 e. The van der Waals surface area contributed by atoms with Crippen molar-refractivity contribution >= 4 is 44.6 Å². The van der Waals surface area contributed by atoms with Crippen LogP contribution in [0.25, 0.3) is 21.8 Å². The summed E-state index contributed by atoms with van der Waals surface area (Å²) >= 11 is 7.42. The van der Waals surface area contributed by atoms with Crippen molar-refractivity contribution in [2.45, 2.75) is 58.0 Å². The van der Waals surface area contributed by atoms with Gasteiger partial charge in [0.25, 0.3) is 0 Å². The first-order valence-corrected chi connectivity index (χ1v) is 15.5. The van der Waals surface area contributed by atoms with Gasteiger partial charge in [0.2, 0.25) is 21.2 Å². The lowest BCUT2D eigenvalue weighted by Crippen LogP contribution is -2.37. The van der Waals surface area contributed by atoms with Crippen LogP contribution < -0.4 is 10.5 Å². The highest BCUT2D eigenvalue weighted by Gasteiger charge is 2.35. The Bertz CT molecular complexity index is 1460. The number of rotatable bonds is 10. The number of nitrogens with one attached hydrogen (secondary N) is 1. The summed E-state index contributed by atoms with van der Waals surface area (Å²) in [4.78, 5) is 25.5. The van der Waals surface area contributed by atoms with E-state index >= 15 is 4.39 Å². The second kappa shape index (κ2) is 11.8. The molecule has 1 fully saturated rings. The SMILES string of the molecule is CCCS(=O)(=O)Nc1cccc(-c2nc(C(C)(C)CC3CC(C(N)=O)CCO3)sc2-c2ccnc(Cl)n2)c1F. The van der Waals surface area contributed by atoms with E-state index < -0.39 is 21.3 Å². The zero-order valence-electron chi connectivity index (χ0n) is 21.9. The number of hydrogen-bond donors (Lipinski definition) is 2. The van der Waals surface area contributed by atoms with Gasteiger partial charge < -0.3 is 10.5 Å². The summed E-state index contributed by atoms with van der Waals surface area (Å²) in [7, 11) is -3.71. The fourth-order valence-corrected chi connectivity index (χ4v) is 7.09. The second-order valence-corrected chi connectivity index (χ2v) is 13.4. The molecule has 3 heterocycles. The minimum Gasteiger partial charge on any atom is -0.378 e. The number of aromatic nitrogens is 3. The number of carbonyl (C=O) groups is 1. The van der Waals surface area contributed by atoms with E-state index in [1.807, 2.05) is 13.8 Å². The molecule has 2 unspecified atom stereocenters. The maximum Gasteiger partial charge on any atom is 0.232 e. The average Bonchev–Trinajstić information content (AvgIpc) is 3.31. The van der Waals surface area contributed by atoms with E-state index in [0.717, 1.165) is 0 Å². The number of ether oxygens (including phenoxy) is 1. The molecule has 3 N–H and O–H groups in total. The first-order valence-electron chi connectivity index (χ1n) is 12.6. The Hall–Kier alpha value is -2.67. The molecule has 9 nitrogen and oxygen atoms in total. The van der Waals surface area contributed by atoms with Crippen molar-refractivity contribution < 1.29 is 22.3 Å². The molecule has 0 aliphatic carbocycles. The normalized spacial score (nSPS) is 18.2. The van der Waals surface area contributed by atoms with Gasteiger partial charge in [0.1, 0.15) is 0 Å². The van der Waals surface area contributed by atoms with Gasteiger partial charge in [-0.15, -0.1) is 11.3 Å². The highest BCUT2D eigenvalue weighted by molar-refractivity contribution is 7.92. The van der Waals surface area contributed by atoms with Crippen LogP contribution >= 0.6 is 22.9 Å². The lowest BCUT2D eigenvalue weighted by atomic mass is 9.82. The van der Waals surface area contributed by atoms with Gasteiger partial charge in [0.05, 0.1) is 38.8 Å². The second-order valence-electron chi connectivity index (χ2n) is 10.2. The minimum atomic E-state index is -3.71. The number of sulfonamides is 1. The van der Waals surface area contributed by atoms with Crippen LogP contribution in [0.2, 0.25) is 5.28 Å². The predicted octanol–water partition coefficient (Wildman–Crippen LogP) is 5.16. The van der Waals surface area contributed by atoms with Gasteiger partial charge in [-0.2, -0.15) is 0 Å². The van der Waals surface area contributed by atoms with Gasteiger partial charge in [0, 0.05) is 29.7 Å². The molecule has 4 rings (SSSR count). The van der Waals surface area contributed by atoms with Crippen LogP contribution in [0, 0.1) is 11.7 Å². The topological polar surface area (TPSA) is 137 Å². The van der Waals surface area contributed by atoms with Crippen LogP contribution in [0.4, 0.5) is 10.1 Å². The molecule has 1 aromatic carbocycles. The van der Waals surface area contributed by atoms with E-state index in [4.69, 9.17) is 27.1 Å². The standard InChI is InChI=1S/C26H31ClFN5O4S2/c1-4-12-39(35,36)33-18-7-5-6-17(20(18)28)21-22(19-8-10-30-25(27)31-19)38-24(32-21)26(2,3)14-16-13-15(23(29)34)9-11-37-16/h5-8,10,15-16,33H,4,9,11-14H2,1-3H3,(H2,29,34). The molecule has 0 bridgehead atoms. The number of hydrogen-bond acceptors (Lipinski definition) is 8. The summed E-state index contributed by atoms with van der Waals surface area (Å²) in [5.74, 6) is -1.44. The van der Waals surface area contributed by atoms with Gasteiger partial charge in [-0.3, -0.25) is 9.52 Å². The van der Waals surface area contributed by atoms with E-state index in [0.29, 0.717) is 53.6 Å². The van der Waals surface area contributed by atoms with Gasteiger partial charge >= 0.3 is 0 Å². The van der Waals surface area contributed by atoms with E-state index in [-0.39, 0.29) is 40.2 Å². The average molecular weight is 596 g/mol. The van der Waals surface area contributed by atoms with E-state index in [9.17, 15) is 13.2 Å². The van der Waals surface area contributed by atoms with Gasteiger partial charge in [0.15, 0.2) is 5.82 Å². The molecule has 1 saturated heterocycles. The fourth-order valence-electron chi connectivity index (χ4n) is 4.65. The van der Waals surface area contributed by atoms with Crippen molar-refractivity contribution in [3.63, 3.8) is 0 Å².